The summed E-state index contributed by atoms with van der Waals surface area (Å²) in [4.78, 5) is 2.25. The van der Waals surface area contributed by atoms with E-state index in [1.54, 1.807) is 0 Å². The van der Waals surface area contributed by atoms with Crippen molar-refractivity contribution < 1.29 is 5.11 Å². The number of anilines is 1. The van der Waals surface area contributed by atoms with E-state index in [2.05, 4.69) is 63.0 Å². The largest absolute Gasteiger partial charge is 0.389 e. The molecule has 0 heterocycles. The number of aliphatic hydroxyl groups is 1. The highest BCUT2D eigenvalue weighted by Gasteiger charge is 2.20. The Morgan fingerprint density at radius 3 is 2.24 bits per heavy atom. The van der Waals surface area contributed by atoms with Gasteiger partial charge in [-0.15, -0.1) is 0 Å². The normalized spacial score (nSPS) is 12.6. The molecule has 0 saturated carbocycles. The van der Waals surface area contributed by atoms with Crippen LogP contribution in [0.5, 0.6) is 0 Å². The number of likely N-dealkylation sites (N-methyl/N-ethyl adjacent to an activating group) is 1. The SMILES string of the molecule is CCN(CC(C)(C)O)c1ccc(C)cc1CNC(C)(C)C. The fourth-order valence-electron chi connectivity index (χ4n) is 2.36. The van der Waals surface area contributed by atoms with Crippen LogP contribution in [-0.4, -0.2) is 29.3 Å². The number of benzene rings is 1. The second-order valence-electron chi connectivity index (χ2n) is 7.56. The molecule has 0 spiro atoms. The predicted molar refractivity (Wildman–Crippen MR) is 92.0 cm³/mol. The van der Waals surface area contributed by atoms with Gasteiger partial charge in [-0.05, 0) is 60.1 Å². The minimum absolute atomic E-state index is 0.0916. The molecule has 0 amide bonds. The first-order valence-electron chi connectivity index (χ1n) is 7.84. The lowest BCUT2D eigenvalue weighted by Crippen LogP contribution is -2.40. The van der Waals surface area contributed by atoms with Gasteiger partial charge in [0.15, 0.2) is 0 Å². The van der Waals surface area contributed by atoms with Gasteiger partial charge >= 0.3 is 0 Å². The van der Waals surface area contributed by atoms with Crippen LogP contribution >= 0.6 is 0 Å². The third-order valence-electron chi connectivity index (χ3n) is 3.34. The van der Waals surface area contributed by atoms with Crippen molar-refractivity contribution in [1.82, 2.24) is 5.32 Å². The molecule has 0 bridgehead atoms. The summed E-state index contributed by atoms with van der Waals surface area (Å²) in [6, 6.07) is 6.55. The van der Waals surface area contributed by atoms with E-state index in [0.717, 1.165) is 13.1 Å². The zero-order chi connectivity index (χ0) is 16.3. The van der Waals surface area contributed by atoms with E-state index in [1.165, 1.54) is 16.8 Å². The molecule has 120 valence electrons. The molecule has 0 unspecified atom stereocenters. The van der Waals surface area contributed by atoms with Gasteiger partial charge < -0.3 is 15.3 Å². The van der Waals surface area contributed by atoms with E-state index in [9.17, 15) is 5.11 Å². The highest BCUT2D eigenvalue weighted by Crippen LogP contribution is 2.24. The molecule has 2 N–H and O–H groups in total. The van der Waals surface area contributed by atoms with Crippen LogP contribution in [0.2, 0.25) is 0 Å². The Hall–Kier alpha value is -1.06. The zero-order valence-corrected chi connectivity index (χ0v) is 14.7. The van der Waals surface area contributed by atoms with Crippen molar-refractivity contribution in [1.29, 1.82) is 0 Å². The fraction of sp³-hybridized carbons (Fsp3) is 0.667. The van der Waals surface area contributed by atoms with Gasteiger partial charge in [0.25, 0.3) is 0 Å². The lowest BCUT2D eigenvalue weighted by atomic mass is 10.0. The molecular formula is C18H32N2O. The van der Waals surface area contributed by atoms with Crippen molar-refractivity contribution in [3.63, 3.8) is 0 Å². The maximum atomic E-state index is 10.1. The second-order valence-corrected chi connectivity index (χ2v) is 7.56. The van der Waals surface area contributed by atoms with Crippen LogP contribution in [0.1, 0.15) is 52.7 Å². The molecule has 1 aromatic carbocycles. The maximum Gasteiger partial charge on any atom is 0.0765 e. The van der Waals surface area contributed by atoms with Crippen molar-refractivity contribution >= 4 is 5.69 Å². The summed E-state index contributed by atoms with van der Waals surface area (Å²) >= 11 is 0. The lowest BCUT2D eigenvalue weighted by Gasteiger charge is -2.32. The molecule has 0 atom stereocenters. The summed E-state index contributed by atoms with van der Waals surface area (Å²) in [5, 5.41) is 13.7. The smallest absolute Gasteiger partial charge is 0.0765 e. The van der Waals surface area contributed by atoms with Crippen LogP contribution in [0.3, 0.4) is 0 Å². The average molecular weight is 292 g/mol. The summed E-state index contributed by atoms with van der Waals surface area (Å²) in [5.41, 5.74) is 3.16. The summed E-state index contributed by atoms with van der Waals surface area (Å²) in [6.07, 6.45) is 0. The van der Waals surface area contributed by atoms with E-state index in [1.807, 2.05) is 13.8 Å². The van der Waals surface area contributed by atoms with Crippen LogP contribution in [0.4, 0.5) is 5.69 Å². The molecule has 0 aliphatic heterocycles. The molecule has 0 aromatic heterocycles. The Morgan fingerprint density at radius 1 is 1.14 bits per heavy atom. The molecule has 0 fully saturated rings. The zero-order valence-electron chi connectivity index (χ0n) is 14.7. The first kappa shape index (κ1) is 18.0. The lowest BCUT2D eigenvalue weighted by molar-refractivity contribution is 0.0875. The minimum Gasteiger partial charge on any atom is -0.389 e. The van der Waals surface area contributed by atoms with Crippen LogP contribution < -0.4 is 10.2 Å². The highest BCUT2D eigenvalue weighted by molar-refractivity contribution is 5.55. The predicted octanol–water partition coefficient (Wildman–Crippen LogP) is 3.48. The van der Waals surface area contributed by atoms with Crippen molar-refractivity contribution in [3.05, 3.63) is 29.3 Å². The number of aryl methyl sites for hydroxylation is 1. The van der Waals surface area contributed by atoms with Crippen LogP contribution in [-0.2, 0) is 6.54 Å². The van der Waals surface area contributed by atoms with Crippen molar-refractivity contribution in [3.8, 4) is 0 Å². The fourth-order valence-corrected chi connectivity index (χ4v) is 2.36. The summed E-state index contributed by atoms with van der Waals surface area (Å²) in [6.45, 7) is 16.9. The Labute approximate surface area is 130 Å². The van der Waals surface area contributed by atoms with E-state index in [-0.39, 0.29) is 5.54 Å². The monoisotopic (exact) mass is 292 g/mol. The number of hydrogen-bond donors (Lipinski definition) is 2. The average Bonchev–Trinajstić information content (AvgIpc) is 2.32. The van der Waals surface area contributed by atoms with E-state index < -0.39 is 5.60 Å². The summed E-state index contributed by atoms with van der Waals surface area (Å²) in [7, 11) is 0. The molecule has 3 nitrogen and oxygen atoms in total. The number of hydrogen-bond acceptors (Lipinski definition) is 3. The number of nitrogens with one attached hydrogen (secondary N) is 1. The standard InChI is InChI=1S/C18H32N2O/c1-8-20(13-18(6,7)21)16-10-9-14(2)11-15(16)12-19-17(3,4)5/h9-11,19,21H,8,12-13H2,1-7H3. The third-order valence-corrected chi connectivity index (χ3v) is 3.34. The first-order valence-corrected chi connectivity index (χ1v) is 7.84. The van der Waals surface area contributed by atoms with Crippen molar-refractivity contribution in [2.24, 2.45) is 0 Å². The molecule has 0 aliphatic rings. The molecule has 0 radical (unpaired) electrons. The topological polar surface area (TPSA) is 35.5 Å². The Bertz CT molecular complexity index is 455. The van der Waals surface area contributed by atoms with Gasteiger partial charge in [-0.1, -0.05) is 17.7 Å². The van der Waals surface area contributed by atoms with Gasteiger partial charge in [0, 0.05) is 30.9 Å². The Morgan fingerprint density at radius 2 is 1.76 bits per heavy atom. The summed E-state index contributed by atoms with van der Waals surface area (Å²) in [5.74, 6) is 0. The first-order chi connectivity index (χ1) is 9.52. The third kappa shape index (κ3) is 6.49. The second kappa shape index (κ2) is 6.80. The Kier molecular flexibility index (Phi) is 5.83. The van der Waals surface area contributed by atoms with E-state index in [0.29, 0.717) is 6.54 Å². The van der Waals surface area contributed by atoms with E-state index in [4.69, 9.17) is 0 Å². The van der Waals surface area contributed by atoms with Crippen LogP contribution in [0.25, 0.3) is 0 Å². The van der Waals surface area contributed by atoms with Gasteiger partial charge in [-0.3, -0.25) is 0 Å². The molecule has 1 rings (SSSR count). The highest BCUT2D eigenvalue weighted by atomic mass is 16.3. The van der Waals surface area contributed by atoms with Crippen molar-refractivity contribution in [2.75, 3.05) is 18.0 Å². The van der Waals surface area contributed by atoms with Crippen LogP contribution in [0, 0.1) is 6.92 Å². The van der Waals surface area contributed by atoms with E-state index >= 15 is 0 Å². The maximum absolute atomic E-state index is 10.1. The number of rotatable bonds is 6. The summed E-state index contributed by atoms with van der Waals surface area (Å²) < 4.78 is 0. The molecule has 0 saturated heterocycles. The molecule has 1 aromatic rings. The molecule has 0 aliphatic carbocycles. The number of nitrogens with zero attached hydrogens (tertiary/aromatic N) is 1. The minimum atomic E-state index is -0.699. The van der Waals surface area contributed by atoms with Gasteiger partial charge in [0.1, 0.15) is 0 Å². The van der Waals surface area contributed by atoms with Crippen LogP contribution in [0.15, 0.2) is 18.2 Å². The molecular weight excluding hydrogens is 260 g/mol. The Balaban J connectivity index is 3.04. The quantitative estimate of drug-likeness (QED) is 0.842. The van der Waals surface area contributed by atoms with Gasteiger partial charge in [0.05, 0.1) is 5.60 Å². The van der Waals surface area contributed by atoms with Gasteiger partial charge in [-0.2, -0.15) is 0 Å². The van der Waals surface area contributed by atoms with Crippen molar-refractivity contribution in [2.45, 2.75) is 66.2 Å². The molecule has 21 heavy (non-hydrogen) atoms. The molecule has 3 heteroatoms. The van der Waals surface area contributed by atoms with Gasteiger partial charge in [-0.25, -0.2) is 0 Å². The van der Waals surface area contributed by atoms with Gasteiger partial charge in [0.2, 0.25) is 0 Å².